The minimum Gasteiger partial charge on any atom is -0.421 e. The summed E-state index contributed by atoms with van der Waals surface area (Å²) in [7, 11) is 0. The van der Waals surface area contributed by atoms with Crippen LogP contribution in [0.4, 0.5) is 11.5 Å². The maximum atomic E-state index is 12.6. The third kappa shape index (κ3) is 4.06. The van der Waals surface area contributed by atoms with Crippen LogP contribution >= 0.6 is 0 Å². The number of hydrogen-bond donors (Lipinski definition) is 4. The molecule has 0 radical (unpaired) electrons. The zero-order valence-corrected chi connectivity index (χ0v) is 14.5. The van der Waals surface area contributed by atoms with Crippen molar-refractivity contribution in [2.75, 3.05) is 10.6 Å². The fourth-order valence-corrected chi connectivity index (χ4v) is 2.49. The number of H-pyrrole nitrogens is 1. The minimum absolute atomic E-state index is 0.0660. The predicted molar refractivity (Wildman–Crippen MR) is 101 cm³/mol. The quantitative estimate of drug-likeness (QED) is 0.515. The van der Waals surface area contributed by atoms with Gasteiger partial charge in [-0.1, -0.05) is 52.8 Å². The van der Waals surface area contributed by atoms with E-state index in [2.05, 4.69) is 15.6 Å². The number of hydrogen-bond acceptors (Lipinski definition) is 5. The lowest BCUT2D eigenvalue weighted by atomic mass is 10.2. The van der Waals surface area contributed by atoms with Gasteiger partial charge < -0.3 is 15.8 Å². The first-order valence-electron chi connectivity index (χ1n) is 8.20. The first kappa shape index (κ1) is 18.0. The van der Waals surface area contributed by atoms with Crippen molar-refractivity contribution < 1.29 is 10.0 Å². The maximum absolute atomic E-state index is 12.6. The summed E-state index contributed by atoms with van der Waals surface area (Å²) in [4.78, 5) is 39.0. The average molecular weight is 366 g/mol. The van der Waals surface area contributed by atoms with Gasteiger partial charge >= 0.3 is 11.2 Å². The van der Waals surface area contributed by atoms with Crippen LogP contribution in [0.1, 0.15) is 21.5 Å². The van der Waals surface area contributed by atoms with Crippen LogP contribution in [-0.2, 0) is 6.54 Å². The Morgan fingerprint density at radius 3 is 2.41 bits per heavy atom. The lowest BCUT2D eigenvalue weighted by molar-refractivity contribution is 0.101. The van der Waals surface area contributed by atoms with Gasteiger partial charge in [0.15, 0.2) is 0 Å². The molecule has 2 aromatic carbocycles. The fourth-order valence-electron chi connectivity index (χ4n) is 2.49. The van der Waals surface area contributed by atoms with E-state index in [4.69, 9.17) is 0 Å². The van der Waals surface area contributed by atoms with Crippen LogP contribution in [-0.4, -0.2) is 20.8 Å². The summed E-state index contributed by atoms with van der Waals surface area (Å²) >= 11 is 0. The first-order chi connectivity index (χ1) is 13.0. The van der Waals surface area contributed by atoms with Crippen LogP contribution in [0.3, 0.4) is 0 Å². The van der Waals surface area contributed by atoms with Crippen molar-refractivity contribution >= 4 is 17.4 Å². The SMILES string of the molecule is Cc1ccc(NC(=O)c2c(NCc3ccccc3)[nH]c(=O)n(O)c2=O)cc1. The second-order valence-corrected chi connectivity index (χ2v) is 5.96. The van der Waals surface area contributed by atoms with E-state index < -0.39 is 22.7 Å². The van der Waals surface area contributed by atoms with E-state index >= 15 is 0 Å². The molecule has 1 heterocycles. The number of anilines is 2. The molecule has 1 aromatic heterocycles. The molecular formula is C19H18N4O4. The van der Waals surface area contributed by atoms with Gasteiger partial charge in [0, 0.05) is 12.2 Å². The summed E-state index contributed by atoms with van der Waals surface area (Å²) in [5.74, 6) is -0.817. The molecule has 8 heteroatoms. The molecule has 0 aliphatic rings. The van der Waals surface area contributed by atoms with E-state index in [0.717, 1.165) is 11.1 Å². The number of rotatable bonds is 5. The molecule has 3 aromatic rings. The fraction of sp³-hybridized carbons (Fsp3) is 0.105. The van der Waals surface area contributed by atoms with Crippen LogP contribution in [0.25, 0.3) is 0 Å². The smallest absolute Gasteiger partial charge is 0.363 e. The first-order valence-corrected chi connectivity index (χ1v) is 8.20. The largest absolute Gasteiger partial charge is 0.421 e. The highest BCUT2D eigenvalue weighted by Gasteiger charge is 2.21. The number of aromatic nitrogens is 2. The molecule has 0 saturated carbocycles. The van der Waals surface area contributed by atoms with Crippen molar-refractivity contribution in [2.24, 2.45) is 0 Å². The normalized spacial score (nSPS) is 10.4. The monoisotopic (exact) mass is 366 g/mol. The molecule has 0 unspecified atom stereocenters. The number of benzene rings is 2. The van der Waals surface area contributed by atoms with Gasteiger partial charge in [-0.25, -0.2) is 4.79 Å². The molecule has 3 rings (SSSR count). The highest BCUT2D eigenvalue weighted by atomic mass is 16.5. The van der Waals surface area contributed by atoms with Gasteiger partial charge in [0.2, 0.25) is 0 Å². The molecule has 0 atom stereocenters. The molecule has 8 nitrogen and oxygen atoms in total. The second kappa shape index (κ2) is 7.61. The Kier molecular flexibility index (Phi) is 5.07. The van der Waals surface area contributed by atoms with Gasteiger partial charge in [0.25, 0.3) is 5.91 Å². The van der Waals surface area contributed by atoms with E-state index in [1.54, 1.807) is 24.3 Å². The van der Waals surface area contributed by atoms with Crippen LogP contribution in [0.2, 0.25) is 0 Å². The summed E-state index contributed by atoms with van der Waals surface area (Å²) < 4.78 is -0.127. The van der Waals surface area contributed by atoms with Crippen molar-refractivity contribution in [3.8, 4) is 0 Å². The second-order valence-electron chi connectivity index (χ2n) is 5.96. The zero-order chi connectivity index (χ0) is 19.4. The lowest BCUT2D eigenvalue weighted by Gasteiger charge is -2.12. The number of nitrogens with zero attached hydrogens (tertiary/aromatic N) is 1. The number of aromatic amines is 1. The number of nitrogens with one attached hydrogen (secondary N) is 3. The van der Waals surface area contributed by atoms with Crippen LogP contribution in [0, 0.1) is 6.92 Å². The Bertz CT molecular complexity index is 1070. The van der Waals surface area contributed by atoms with E-state index in [9.17, 15) is 19.6 Å². The van der Waals surface area contributed by atoms with Crippen LogP contribution < -0.4 is 21.9 Å². The molecule has 0 aliphatic heterocycles. The summed E-state index contributed by atoms with van der Waals surface area (Å²) in [5, 5.41) is 15.1. The molecule has 1 amide bonds. The molecule has 0 spiro atoms. The van der Waals surface area contributed by atoms with Crippen LogP contribution in [0.15, 0.2) is 64.2 Å². The molecular weight excluding hydrogens is 348 g/mol. The van der Waals surface area contributed by atoms with Gasteiger partial charge in [-0.05, 0) is 24.6 Å². The van der Waals surface area contributed by atoms with E-state index in [-0.39, 0.29) is 17.1 Å². The Balaban J connectivity index is 1.93. The number of amides is 1. The Hall–Kier alpha value is -3.81. The molecule has 0 aliphatic carbocycles. The van der Waals surface area contributed by atoms with Gasteiger partial charge in [-0.15, -0.1) is 0 Å². The Morgan fingerprint density at radius 1 is 1.07 bits per heavy atom. The molecule has 0 bridgehead atoms. The zero-order valence-electron chi connectivity index (χ0n) is 14.5. The molecule has 0 saturated heterocycles. The minimum atomic E-state index is -1.11. The summed E-state index contributed by atoms with van der Waals surface area (Å²) in [5.41, 5.74) is -0.166. The Labute approximate surface area is 154 Å². The Morgan fingerprint density at radius 2 is 1.74 bits per heavy atom. The standard InChI is InChI=1S/C19H18N4O4/c1-12-7-9-14(10-8-12)21-17(24)15-16(22-19(26)23(27)18(15)25)20-11-13-5-3-2-4-6-13/h2-10,20,27H,11H2,1H3,(H,21,24)(H,22,26). The van der Waals surface area contributed by atoms with Gasteiger partial charge in [-0.2, -0.15) is 0 Å². The molecule has 138 valence electrons. The van der Waals surface area contributed by atoms with Crippen molar-refractivity contribution in [1.29, 1.82) is 0 Å². The number of carbonyl (C=O) groups is 1. The van der Waals surface area contributed by atoms with E-state index in [1.807, 2.05) is 37.3 Å². The van der Waals surface area contributed by atoms with Gasteiger partial charge in [0.1, 0.15) is 11.4 Å². The van der Waals surface area contributed by atoms with E-state index in [0.29, 0.717) is 5.69 Å². The summed E-state index contributed by atoms with van der Waals surface area (Å²) in [6, 6.07) is 16.2. The third-order valence-electron chi connectivity index (χ3n) is 3.93. The number of aryl methyl sites for hydroxylation is 1. The van der Waals surface area contributed by atoms with Gasteiger partial charge in [-0.3, -0.25) is 14.6 Å². The number of carbonyl (C=O) groups excluding carboxylic acids is 1. The molecule has 4 N–H and O–H groups in total. The third-order valence-corrected chi connectivity index (χ3v) is 3.93. The van der Waals surface area contributed by atoms with Crippen molar-refractivity contribution in [2.45, 2.75) is 13.5 Å². The van der Waals surface area contributed by atoms with E-state index in [1.165, 1.54) is 0 Å². The maximum Gasteiger partial charge on any atom is 0.363 e. The summed E-state index contributed by atoms with van der Waals surface area (Å²) in [6.45, 7) is 2.18. The lowest BCUT2D eigenvalue weighted by Crippen LogP contribution is -2.39. The van der Waals surface area contributed by atoms with Crippen molar-refractivity contribution in [3.63, 3.8) is 0 Å². The van der Waals surface area contributed by atoms with Gasteiger partial charge in [0.05, 0.1) is 0 Å². The average Bonchev–Trinajstić information content (AvgIpc) is 2.67. The topological polar surface area (TPSA) is 116 Å². The summed E-state index contributed by atoms with van der Waals surface area (Å²) in [6.07, 6.45) is 0. The predicted octanol–water partition coefficient (Wildman–Crippen LogP) is 1.95. The highest BCUT2D eigenvalue weighted by Crippen LogP contribution is 2.13. The van der Waals surface area contributed by atoms with Crippen molar-refractivity contribution in [3.05, 3.63) is 92.1 Å². The van der Waals surface area contributed by atoms with Crippen molar-refractivity contribution in [1.82, 2.24) is 9.71 Å². The highest BCUT2D eigenvalue weighted by molar-refractivity contribution is 6.07. The van der Waals surface area contributed by atoms with Crippen LogP contribution in [0.5, 0.6) is 0 Å². The molecule has 0 fully saturated rings. The molecule has 27 heavy (non-hydrogen) atoms.